The molecular weight excluding hydrogens is 518 g/mol. The van der Waals surface area contributed by atoms with Gasteiger partial charge in [-0.2, -0.15) is 4.31 Å². The number of piperazine rings is 1. The van der Waals surface area contributed by atoms with E-state index in [1.807, 2.05) is 0 Å². The number of carbonyl (C=O) groups is 1. The predicted molar refractivity (Wildman–Crippen MR) is 154 cm³/mol. The minimum atomic E-state index is -3.51. The second-order valence-electron chi connectivity index (χ2n) is 10.3. The lowest BCUT2D eigenvalue weighted by molar-refractivity contribution is 0.0947. The maximum Gasteiger partial charge on any atom is 0.251 e. The number of nitrogens with zero attached hydrogens (tertiary/aromatic N) is 4. The van der Waals surface area contributed by atoms with E-state index in [9.17, 15) is 13.2 Å². The molecule has 3 heterocycles. The van der Waals surface area contributed by atoms with Crippen LogP contribution in [0.2, 0.25) is 0 Å². The highest BCUT2D eigenvalue weighted by Gasteiger charge is 2.28. The number of thiazole rings is 1. The molecule has 3 aromatic rings. The van der Waals surface area contributed by atoms with Crippen LogP contribution >= 0.6 is 11.3 Å². The molecule has 1 amide bonds. The van der Waals surface area contributed by atoms with Crippen LogP contribution in [-0.4, -0.2) is 80.9 Å². The van der Waals surface area contributed by atoms with Crippen LogP contribution in [0.15, 0.2) is 47.4 Å². The van der Waals surface area contributed by atoms with Crippen LogP contribution in [-0.2, 0) is 16.4 Å². The number of amides is 1. The average molecular weight is 556 g/mol. The van der Waals surface area contributed by atoms with Crippen molar-refractivity contribution in [3.63, 3.8) is 0 Å². The molecule has 0 bridgehead atoms. The van der Waals surface area contributed by atoms with E-state index in [2.05, 4.69) is 47.2 Å². The van der Waals surface area contributed by atoms with Crippen molar-refractivity contribution in [1.82, 2.24) is 19.5 Å². The van der Waals surface area contributed by atoms with Gasteiger partial charge in [0.1, 0.15) is 0 Å². The smallest absolute Gasteiger partial charge is 0.251 e. The van der Waals surface area contributed by atoms with Gasteiger partial charge in [0.15, 0.2) is 5.13 Å². The third-order valence-corrected chi connectivity index (χ3v) is 10.7. The second-order valence-corrected chi connectivity index (χ2v) is 13.3. The van der Waals surface area contributed by atoms with E-state index in [4.69, 9.17) is 4.98 Å². The molecule has 2 aromatic carbocycles. The first-order valence-electron chi connectivity index (χ1n) is 13.6. The summed E-state index contributed by atoms with van der Waals surface area (Å²) >= 11 is 1.76. The fourth-order valence-corrected chi connectivity index (χ4v) is 7.61. The zero-order chi connectivity index (χ0) is 26.7. The van der Waals surface area contributed by atoms with Gasteiger partial charge in [0.05, 0.1) is 15.1 Å². The van der Waals surface area contributed by atoms with Crippen LogP contribution in [0, 0.1) is 5.92 Å². The van der Waals surface area contributed by atoms with Gasteiger partial charge in [0.25, 0.3) is 5.91 Å². The quantitative estimate of drug-likeness (QED) is 0.455. The second kappa shape index (κ2) is 11.7. The average Bonchev–Trinajstić information content (AvgIpc) is 3.37. The van der Waals surface area contributed by atoms with Gasteiger partial charge in [0.2, 0.25) is 10.0 Å². The summed E-state index contributed by atoms with van der Waals surface area (Å²) in [5.74, 6) is 0.379. The van der Waals surface area contributed by atoms with Crippen LogP contribution < -0.4 is 10.2 Å². The first-order chi connectivity index (χ1) is 18.3. The van der Waals surface area contributed by atoms with E-state index in [0.29, 0.717) is 31.1 Å². The van der Waals surface area contributed by atoms with Crippen molar-refractivity contribution in [1.29, 1.82) is 0 Å². The van der Waals surface area contributed by atoms with Gasteiger partial charge in [-0.3, -0.25) is 9.69 Å². The lowest BCUT2D eigenvalue weighted by Crippen LogP contribution is -2.48. The molecule has 38 heavy (non-hydrogen) atoms. The molecule has 10 heteroatoms. The summed E-state index contributed by atoms with van der Waals surface area (Å²) in [6.07, 6.45) is 2.80. The number of sulfonamides is 1. The molecule has 2 saturated heterocycles. The Hall–Kier alpha value is -2.53. The zero-order valence-electron chi connectivity index (χ0n) is 22.2. The first-order valence-corrected chi connectivity index (χ1v) is 15.8. The maximum atomic E-state index is 12.9. The molecule has 5 rings (SSSR count). The molecule has 2 aliphatic heterocycles. The van der Waals surface area contributed by atoms with Crippen molar-refractivity contribution in [3.8, 4) is 0 Å². The van der Waals surface area contributed by atoms with Crippen LogP contribution in [0.5, 0.6) is 0 Å². The van der Waals surface area contributed by atoms with Crippen molar-refractivity contribution in [2.24, 2.45) is 5.92 Å². The number of benzene rings is 2. The zero-order valence-corrected chi connectivity index (χ0v) is 23.9. The predicted octanol–water partition coefficient (Wildman–Crippen LogP) is 3.83. The van der Waals surface area contributed by atoms with Gasteiger partial charge in [-0.15, -0.1) is 0 Å². The number of rotatable bonds is 8. The fraction of sp³-hybridized carbons (Fsp3) is 0.500. The molecule has 2 fully saturated rings. The Morgan fingerprint density at radius 3 is 2.42 bits per heavy atom. The van der Waals surface area contributed by atoms with E-state index >= 15 is 0 Å². The number of aromatic nitrogens is 1. The van der Waals surface area contributed by atoms with Crippen LogP contribution in [0.3, 0.4) is 0 Å². The van der Waals surface area contributed by atoms with Crippen LogP contribution in [0.25, 0.3) is 10.2 Å². The summed E-state index contributed by atoms with van der Waals surface area (Å²) in [5.41, 5.74) is 2.88. The van der Waals surface area contributed by atoms with Crippen LogP contribution in [0.4, 0.5) is 5.13 Å². The van der Waals surface area contributed by atoms with E-state index in [-0.39, 0.29) is 10.8 Å². The molecule has 0 aliphatic carbocycles. The summed E-state index contributed by atoms with van der Waals surface area (Å²) in [7, 11) is -3.51. The number of hydrogen-bond donors (Lipinski definition) is 1. The first kappa shape index (κ1) is 27.1. The minimum Gasteiger partial charge on any atom is -0.351 e. The number of carbonyl (C=O) groups excluding carboxylic acids is 1. The molecule has 1 aromatic heterocycles. The largest absolute Gasteiger partial charge is 0.351 e. The normalized spacial score (nSPS) is 18.2. The van der Waals surface area contributed by atoms with Crippen molar-refractivity contribution in [2.75, 3.05) is 57.3 Å². The number of aryl methyl sites for hydroxylation is 1. The molecule has 1 N–H and O–H groups in total. The lowest BCUT2D eigenvalue weighted by Gasteiger charge is -2.34. The summed E-state index contributed by atoms with van der Waals surface area (Å²) in [6, 6.07) is 12.8. The highest BCUT2D eigenvalue weighted by Crippen LogP contribution is 2.30. The SMILES string of the molecule is CCc1ccc2nc(N3CCN(CCNC(=O)c4ccc(S(=O)(=O)N5CCC(C)CC5)cc4)CC3)sc2c1. The highest BCUT2D eigenvalue weighted by atomic mass is 32.2. The van der Waals surface area contributed by atoms with Crippen molar-refractivity contribution < 1.29 is 13.2 Å². The highest BCUT2D eigenvalue weighted by molar-refractivity contribution is 7.89. The summed E-state index contributed by atoms with van der Waals surface area (Å²) < 4.78 is 28.6. The molecule has 0 unspecified atom stereocenters. The molecular formula is C28H37N5O3S2. The van der Waals surface area contributed by atoms with Gasteiger partial charge in [0, 0.05) is 57.9 Å². The van der Waals surface area contributed by atoms with E-state index < -0.39 is 10.0 Å². The molecule has 0 atom stereocenters. The van der Waals surface area contributed by atoms with Crippen LogP contribution in [0.1, 0.15) is 42.6 Å². The van der Waals surface area contributed by atoms with Crippen molar-refractivity contribution in [3.05, 3.63) is 53.6 Å². The monoisotopic (exact) mass is 555 g/mol. The van der Waals surface area contributed by atoms with Gasteiger partial charge < -0.3 is 10.2 Å². The van der Waals surface area contributed by atoms with Gasteiger partial charge in [-0.1, -0.05) is 31.3 Å². The Labute approximate surface area is 229 Å². The van der Waals surface area contributed by atoms with Crippen molar-refractivity contribution >= 4 is 42.6 Å². The number of piperidine rings is 1. The topological polar surface area (TPSA) is 85.9 Å². The number of nitrogens with one attached hydrogen (secondary N) is 1. The molecule has 204 valence electrons. The third kappa shape index (κ3) is 6.03. The van der Waals surface area contributed by atoms with Gasteiger partial charge in [-0.05, 0) is 67.1 Å². The van der Waals surface area contributed by atoms with E-state index in [0.717, 1.165) is 62.6 Å². The van der Waals surface area contributed by atoms with E-state index in [1.165, 1.54) is 10.3 Å². The number of hydrogen-bond acceptors (Lipinski definition) is 7. The van der Waals surface area contributed by atoms with Gasteiger partial charge >= 0.3 is 0 Å². The summed E-state index contributed by atoms with van der Waals surface area (Å²) in [5, 5.41) is 4.06. The van der Waals surface area contributed by atoms with Crippen molar-refractivity contribution in [2.45, 2.75) is 38.0 Å². The standard InChI is InChI=1S/C28H37N5O3S2/c1-3-22-4-9-25-26(20-22)37-28(30-25)32-18-16-31(17-19-32)15-12-29-27(34)23-5-7-24(8-6-23)38(35,36)33-13-10-21(2)11-14-33/h4-9,20-21H,3,10-19H2,1-2H3,(H,29,34). The maximum absolute atomic E-state index is 12.9. The molecule has 0 saturated carbocycles. The molecule has 2 aliphatic rings. The number of fused-ring (bicyclic) bond motifs is 1. The Morgan fingerprint density at radius 1 is 1.03 bits per heavy atom. The number of anilines is 1. The lowest BCUT2D eigenvalue weighted by atomic mass is 10.0. The Kier molecular flexibility index (Phi) is 8.32. The molecule has 0 radical (unpaired) electrons. The molecule has 8 nitrogen and oxygen atoms in total. The third-order valence-electron chi connectivity index (χ3n) is 7.70. The summed E-state index contributed by atoms with van der Waals surface area (Å²) in [4.78, 5) is 22.4. The Bertz CT molecular complexity index is 1360. The minimum absolute atomic E-state index is 0.180. The van der Waals surface area contributed by atoms with Gasteiger partial charge in [-0.25, -0.2) is 13.4 Å². The molecule has 0 spiro atoms. The fourth-order valence-electron chi connectivity index (χ4n) is 5.06. The van der Waals surface area contributed by atoms with E-state index in [1.54, 1.807) is 39.9 Å². The Morgan fingerprint density at radius 2 is 1.74 bits per heavy atom. The summed E-state index contributed by atoms with van der Waals surface area (Å²) in [6.45, 7) is 10.4. The Balaban J connectivity index is 1.07.